The quantitative estimate of drug-likeness (QED) is 0.735. The van der Waals surface area contributed by atoms with Crippen LogP contribution < -0.4 is 10.9 Å². The van der Waals surface area contributed by atoms with Crippen molar-refractivity contribution < 1.29 is 26.4 Å². The second-order valence-corrected chi connectivity index (χ2v) is 9.31. The summed E-state index contributed by atoms with van der Waals surface area (Å²) in [5.74, 6) is -0.825. The number of anilines is 1. The van der Waals surface area contributed by atoms with E-state index >= 15 is 0 Å². The van der Waals surface area contributed by atoms with Gasteiger partial charge in [0.25, 0.3) is 5.56 Å². The first-order valence-electron chi connectivity index (χ1n) is 8.45. The topological polar surface area (TPSA) is 88.5 Å². The van der Waals surface area contributed by atoms with Crippen LogP contribution in [-0.2, 0) is 27.5 Å². The molecule has 0 aliphatic carbocycles. The lowest BCUT2D eigenvalue weighted by molar-refractivity contribution is -0.138. The molecule has 2 rings (SSSR count). The second-order valence-electron chi connectivity index (χ2n) is 6.76. The van der Waals surface area contributed by atoms with E-state index in [0.29, 0.717) is 28.0 Å². The Kier molecular flexibility index (Phi) is 6.69. The molecule has 164 valence electrons. The summed E-state index contributed by atoms with van der Waals surface area (Å²) < 4.78 is 65.2. The zero-order valence-corrected chi connectivity index (χ0v) is 18.0. The highest BCUT2D eigenvalue weighted by Gasteiger charge is 2.32. The highest BCUT2D eigenvalue weighted by atomic mass is 35.5. The van der Waals surface area contributed by atoms with E-state index in [1.165, 1.54) is 26.2 Å². The van der Waals surface area contributed by atoms with Gasteiger partial charge in [0.05, 0.1) is 10.5 Å². The average Bonchev–Trinajstić information content (AvgIpc) is 2.61. The third-order valence-electron chi connectivity index (χ3n) is 4.38. The molecule has 1 aromatic heterocycles. The van der Waals surface area contributed by atoms with E-state index in [1.54, 1.807) is 13.8 Å². The van der Waals surface area contributed by atoms with Crippen LogP contribution in [0.2, 0.25) is 5.02 Å². The normalized spacial score (nSPS) is 12.3. The Morgan fingerprint density at radius 1 is 1.20 bits per heavy atom. The minimum Gasteiger partial charge on any atom is -0.324 e. The summed E-state index contributed by atoms with van der Waals surface area (Å²) in [6.07, 6.45) is -4.25. The van der Waals surface area contributed by atoms with Gasteiger partial charge in [0.1, 0.15) is 11.6 Å². The molecule has 0 aliphatic heterocycles. The number of aromatic nitrogens is 1. The van der Waals surface area contributed by atoms with Crippen molar-refractivity contribution in [3.63, 3.8) is 0 Å². The molecule has 1 N–H and O–H groups in total. The van der Waals surface area contributed by atoms with Crippen LogP contribution >= 0.6 is 11.6 Å². The zero-order valence-electron chi connectivity index (χ0n) is 16.5. The van der Waals surface area contributed by atoms with Gasteiger partial charge in [0.2, 0.25) is 15.9 Å². The summed E-state index contributed by atoms with van der Waals surface area (Å²) in [6, 6.07) is 3.18. The molecule has 0 radical (unpaired) electrons. The SMILES string of the molecule is Cc1cc(S(=O)(=O)N(C)C)cc(NC(=O)Cn2cc(C(F)(F)F)cc(Cl)c2=O)c1C. The molecule has 0 fully saturated rings. The van der Waals surface area contributed by atoms with Crippen molar-refractivity contribution in [3.05, 3.63) is 56.5 Å². The number of benzene rings is 1. The summed E-state index contributed by atoms with van der Waals surface area (Å²) in [5.41, 5.74) is -0.836. The number of carbonyl (C=O) groups excluding carboxylic acids is 1. The van der Waals surface area contributed by atoms with Gasteiger partial charge in [0, 0.05) is 26.0 Å². The fourth-order valence-corrected chi connectivity index (χ4v) is 3.77. The lowest BCUT2D eigenvalue weighted by Crippen LogP contribution is -2.29. The molecule has 7 nitrogen and oxygen atoms in total. The fraction of sp³-hybridized carbons (Fsp3) is 0.333. The van der Waals surface area contributed by atoms with Crippen LogP contribution in [0, 0.1) is 13.8 Å². The number of hydrogen-bond donors (Lipinski definition) is 1. The van der Waals surface area contributed by atoms with E-state index in [0.717, 1.165) is 4.31 Å². The summed E-state index contributed by atoms with van der Waals surface area (Å²) in [6.45, 7) is 2.55. The van der Waals surface area contributed by atoms with Gasteiger partial charge in [-0.25, -0.2) is 12.7 Å². The van der Waals surface area contributed by atoms with Crippen LogP contribution in [0.15, 0.2) is 34.1 Å². The Balaban J connectivity index is 2.39. The summed E-state index contributed by atoms with van der Waals surface area (Å²) >= 11 is 5.58. The van der Waals surface area contributed by atoms with E-state index in [4.69, 9.17) is 11.6 Å². The van der Waals surface area contributed by atoms with Crippen molar-refractivity contribution in [2.24, 2.45) is 0 Å². The molecule has 1 aromatic carbocycles. The van der Waals surface area contributed by atoms with E-state index in [1.807, 2.05) is 0 Å². The number of nitrogens with one attached hydrogen (secondary N) is 1. The average molecular weight is 466 g/mol. The number of sulfonamides is 1. The lowest BCUT2D eigenvalue weighted by Gasteiger charge is -2.17. The van der Waals surface area contributed by atoms with Gasteiger partial charge in [-0.1, -0.05) is 11.6 Å². The number of carbonyl (C=O) groups is 1. The largest absolute Gasteiger partial charge is 0.417 e. The molecule has 12 heteroatoms. The molecule has 2 aromatic rings. The lowest BCUT2D eigenvalue weighted by atomic mass is 10.1. The van der Waals surface area contributed by atoms with E-state index in [9.17, 15) is 31.2 Å². The smallest absolute Gasteiger partial charge is 0.324 e. The molecule has 0 saturated carbocycles. The fourth-order valence-electron chi connectivity index (χ4n) is 2.53. The number of amides is 1. The molecular weight excluding hydrogens is 447 g/mol. The van der Waals surface area contributed by atoms with Crippen LogP contribution in [0.5, 0.6) is 0 Å². The van der Waals surface area contributed by atoms with Crippen LogP contribution in [0.4, 0.5) is 18.9 Å². The third-order valence-corrected chi connectivity index (χ3v) is 6.44. The number of halogens is 4. The first-order chi connectivity index (χ1) is 13.6. The summed E-state index contributed by atoms with van der Waals surface area (Å²) in [5, 5.41) is 1.77. The number of pyridine rings is 1. The van der Waals surface area contributed by atoms with Gasteiger partial charge in [-0.05, 0) is 43.2 Å². The van der Waals surface area contributed by atoms with Crippen LogP contribution in [-0.4, -0.2) is 37.3 Å². The first-order valence-corrected chi connectivity index (χ1v) is 10.3. The van der Waals surface area contributed by atoms with Gasteiger partial charge in [0.15, 0.2) is 0 Å². The van der Waals surface area contributed by atoms with Crippen molar-refractivity contribution in [3.8, 4) is 0 Å². The first kappa shape index (κ1) is 23.9. The van der Waals surface area contributed by atoms with Crippen molar-refractivity contribution >= 4 is 33.2 Å². The predicted molar refractivity (Wildman–Crippen MR) is 106 cm³/mol. The highest BCUT2D eigenvalue weighted by Crippen LogP contribution is 2.30. The Hall–Kier alpha value is -2.37. The molecule has 0 unspecified atom stereocenters. The Bertz CT molecular complexity index is 1160. The maximum absolute atomic E-state index is 12.9. The van der Waals surface area contributed by atoms with Crippen molar-refractivity contribution in [1.29, 1.82) is 0 Å². The summed E-state index contributed by atoms with van der Waals surface area (Å²) in [4.78, 5) is 24.4. The molecule has 0 aliphatic rings. The van der Waals surface area contributed by atoms with Crippen molar-refractivity contribution in [2.75, 3.05) is 19.4 Å². The molecular formula is C18H19ClF3N3O4S. The molecule has 1 heterocycles. The van der Waals surface area contributed by atoms with Crippen LogP contribution in [0.1, 0.15) is 16.7 Å². The maximum Gasteiger partial charge on any atom is 0.417 e. The zero-order chi connectivity index (χ0) is 23.0. The van der Waals surface area contributed by atoms with E-state index < -0.39 is 44.8 Å². The van der Waals surface area contributed by atoms with Gasteiger partial charge in [-0.2, -0.15) is 13.2 Å². The number of alkyl halides is 3. The van der Waals surface area contributed by atoms with Gasteiger partial charge in [-0.15, -0.1) is 0 Å². The van der Waals surface area contributed by atoms with E-state index in [-0.39, 0.29) is 10.6 Å². The number of nitrogens with zero attached hydrogens (tertiary/aromatic N) is 2. The monoisotopic (exact) mass is 465 g/mol. The molecule has 1 amide bonds. The van der Waals surface area contributed by atoms with E-state index in [2.05, 4.69) is 5.32 Å². The van der Waals surface area contributed by atoms with Gasteiger partial charge < -0.3 is 9.88 Å². The standard InChI is InChI=1S/C18H19ClF3N3O4S/c1-10-5-13(30(28,29)24(3)4)7-15(11(10)2)23-16(26)9-25-8-12(18(20,21)22)6-14(19)17(25)27/h5-8H,9H2,1-4H3,(H,23,26). The highest BCUT2D eigenvalue weighted by molar-refractivity contribution is 7.89. The number of aryl methyl sites for hydroxylation is 1. The number of rotatable bonds is 5. The minimum atomic E-state index is -4.75. The maximum atomic E-state index is 12.9. The Labute approximate surface area is 176 Å². The number of hydrogen-bond acceptors (Lipinski definition) is 4. The molecule has 30 heavy (non-hydrogen) atoms. The molecule has 0 atom stereocenters. The Morgan fingerprint density at radius 2 is 1.80 bits per heavy atom. The molecule has 0 bridgehead atoms. The van der Waals surface area contributed by atoms with Crippen LogP contribution in [0.3, 0.4) is 0 Å². The Morgan fingerprint density at radius 3 is 2.33 bits per heavy atom. The second kappa shape index (κ2) is 8.40. The van der Waals surface area contributed by atoms with Crippen molar-refractivity contribution in [2.45, 2.75) is 31.5 Å². The van der Waals surface area contributed by atoms with Gasteiger partial charge in [-0.3, -0.25) is 9.59 Å². The molecule has 0 spiro atoms. The third kappa shape index (κ3) is 5.02. The molecule has 0 saturated heterocycles. The minimum absolute atomic E-state index is 0.0646. The predicted octanol–water partition coefficient (Wildman–Crippen LogP) is 3.03. The van der Waals surface area contributed by atoms with Crippen molar-refractivity contribution in [1.82, 2.24) is 8.87 Å². The van der Waals surface area contributed by atoms with Gasteiger partial charge >= 0.3 is 6.18 Å². The summed E-state index contributed by atoms with van der Waals surface area (Å²) in [7, 11) is -1.08. The van der Waals surface area contributed by atoms with Crippen LogP contribution in [0.25, 0.3) is 0 Å².